The summed E-state index contributed by atoms with van der Waals surface area (Å²) >= 11 is 1.41. The Morgan fingerprint density at radius 2 is 1.71 bits per heavy atom. The highest BCUT2D eigenvalue weighted by Gasteiger charge is 2.30. The van der Waals surface area contributed by atoms with Crippen molar-refractivity contribution in [1.82, 2.24) is 19.7 Å². The molecule has 0 spiro atoms. The molecule has 144 valence electrons. The Bertz CT molecular complexity index is 952. The second-order valence-corrected chi connectivity index (χ2v) is 7.89. The van der Waals surface area contributed by atoms with Gasteiger partial charge in [0.2, 0.25) is 5.91 Å². The maximum absolute atomic E-state index is 13.2. The molecule has 0 aliphatic carbocycles. The van der Waals surface area contributed by atoms with Gasteiger partial charge in [-0.1, -0.05) is 42.1 Å². The summed E-state index contributed by atoms with van der Waals surface area (Å²) < 4.78 is 15.1. The first kappa shape index (κ1) is 18.7. The largest absolute Gasteiger partial charge is 0.341 e. The molecule has 1 atom stereocenters. The van der Waals surface area contributed by atoms with Crippen molar-refractivity contribution < 1.29 is 9.18 Å². The normalized spacial score (nSPS) is 15.0. The molecule has 1 aromatic heterocycles. The van der Waals surface area contributed by atoms with E-state index < -0.39 is 0 Å². The lowest BCUT2D eigenvalue weighted by Crippen LogP contribution is -2.31. The lowest BCUT2D eigenvalue weighted by atomic mass is 10.1. The van der Waals surface area contributed by atoms with E-state index in [1.807, 2.05) is 46.8 Å². The van der Waals surface area contributed by atoms with Crippen molar-refractivity contribution in [2.45, 2.75) is 23.2 Å². The maximum Gasteiger partial charge on any atom is 0.240 e. The number of likely N-dealkylation sites (tertiary alicyclic amines) is 1. The Morgan fingerprint density at radius 3 is 2.39 bits per heavy atom. The smallest absolute Gasteiger partial charge is 0.240 e. The van der Waals surface area contributed by atoms with Crippen molar-refractivity contribution in [2.75, 3.05) is 13.1 Å². The summed E-state index contributed by atoms with van der Waals surface area (Å²) in [5.41, 5.74) is 1.74. The average Bonchev–Trinajstić information content (AvgIpc) is 3.38. The first-order chi connectivity index (χ1) is 13.6. The zero-order valence-corrected chi connectivity index (χ0v) is 16.4. The van der Waals surface area contributed by atoms with Crippen molar-refractivity contribution in [1.29, 1.82) is 0 Å². The number of aromatic nitrogens is 3. The summed E-state index contributed by atoms with van der Waals surface area (Å²) in [6.45, 7) is 1.62. The van der Waals surface area contributed by atoms with Gasteiger partial charge in [0.25, 0.3) is 0 Å². The number of nitrogens with zero attached hydrogens (tertiary/aromatic N) is 4. The van der Waals surface area contributed by atoms with Gasteiger partial charge in [0.05, 0.1) is 0 Å². The summed E-state index contributed by atoms with van der Waals surface area (Å²) in [7, 11) is 1.86. The number of carbonyl (C=O) groups is 1. The number of benzene rings is 2. The molecule has 1 aliphatic rings. The van der Waals surface area contributed by atoms with Crippen LogP contribution in [-0.2, 0) is 11.8 Å². The quantitative estimate of drug-likeness (QED) is 0.610. The van der Waals surface area contributed by atoms with Crippen LogP contribution in [0.3, 0.4) is 0 Å². The Hall–Kier alpha value is -2.67. The molecule has 5 nitrogen and oxygen atoms in total. The zero-order chi connectivity index (χ0) is 19.5. The molecule has 0 radical (unpaired) electrons. The fourth-order valence-electron chi connectivity index (χ4n) is 3.37. The predicted octanol–water partition coefficient (Wildman–Crippen LogP) is 4.08. The maximum atomic E-state index is 13.2. The Labute approximate surface area is 167 Å². The Kier molecular flexibility index (Phi) is 5.43. The van der Waals surface area contributed by atoms with E-state index in [1.165, 1.54) is 23.9 Å². The monoisotopic (exact) mass is 396 g/mol. The summed E-state index contributed by atoms with van der Waals surface area (Å²) in [4.78, 5) is 15.1. The van der Waals surface area contributed by atoms with Gasteiger partial charge in [-0.25, -0.2) is 4.39 Å². The van der Waals surface area contributed by atoms with Crippen molar-refractivity contribution in [2.24, 2.45) is 7.05 Å². The van der Waals surface area contributed by atoms with Crippen LogP contribution in [0.15, 0.2) is 59.8 Å². The van der Waals surface area contributed by atoms with E-state index in [1.54, 1.807) is 12.1 Å². The summed E-state index contributed by atoms with van der Waals surface area (Å²) in [5, 5.41) is 8.85. The van der Waals surface area contributed by atoms with Gasteiger partial charge >= 0.3 is 0 Å². The van der Waals surface area contributed by atoms with Gasteiger partial charge in [0.1, 0.15) is 11.1 Å². The number of hydrogen-bond acceptors (Lipinski definition) is 4. The van der Waals surface area contributed by atoms with Crippen LogP contribution in [0.1, 0.15) is 23.7 Å². The molecule has 0 N–H and O–H groups in total. The first-order valence-electron chi connectivity index (χ1n) is 9.29. The number of hydrogen-bond donors (Lipinski definition) is 0. The van der Waals surface area contributed by atoms with Gasteiger partial charge in [-0.2, -0.15) is 0 Å². The molecule has 2 heterocycles. The van der Waals surface area contributed by atoms with Crippen LogP contribution in [0, 0.1) is 5.82 Å². The number of amides is 1. The fourth-order valence-corrected chi connectivity index (χ4v) is 4.45. The highest BCUT2D eigenvalue weighted by molar-refractivity contribution is 8.00. The second kappa shape index (κ2) is 8.14. The van der Waals surface area contributed by atoms with Gasteiger partial charge in [-0.3, -0.25) is 4.79 Å². The van der Waals surface area contributed by atoms with Crippen molar-refractivity contribution in [3.05, 3.63) is 66.0 Å². The van der Waals surface area contributed by atoms with Crippen LogP contribution in [0.5, 0.6) is 0 Å². The van der Waals surface area contributed by atoms with Crippen LogP contribution < -0.4 is 0 Å². The van der Waals surface area contributed by atoms with E-state index in [2.05, 4.69) is 10.2 Å². The molecule has 3 aromatic rings. The summed E-state index contributed by atoms with van der Waals surface area (Å²) in [6.07, 6.45) is 2.10. The molecule has 0 unspecified atom stereocenters. The number of thioether (sulfide) groups is 1. The summed E-state index contributed by atoms with van der Waals surface area (Å²) in [6, 6.07) is 15.9. The molecule has 28 heavy (non-hydrogen) atoms. The van der Waals surface area contributed by atoms with Gasteiger partial charge in [0, 0.05) is 25.7 Å². The lowest BCUT2D eigenvalue weighted by Gasteiger charge is -2.22. The molecule has 4 rings (SSSR count). The third-order valence-electron chi connectivity index (χ3n) is 4.90. The first-order valence-corrected chi connectivity index (χ1v) is 10.2. The van der Waals surface area contributed by atoms with Crippen molar-refractivity contribution >= 4 is 17.7 Å². The molecule has 1 saturated heterocycles. The van der Waals surface area contributed by atoms with Gasteiger partial charge in [-0.05, 0) is 42.7 Å². The number of rotatable bonds is 5. The van der Waals surface area contributed by atoms with Crippen molar-refractivity contribution in [3.63, 3.8) is 0 Å². The van der Waals surface area contributed by atoms with Crippen LogP contribution >= 0.6 is 11.8 Å². The molecule has 0 bridgehead atoms. The Morgan fingerprint density at radius 1 is 1.04 bits per heavy atom. The molecule has 7 heteroatoms. The molecule has 0 saturated carbocycles. The van der Waals surface area contributed by atoms with E-state index in [9.17, 15) is 9.18 Å². The van der Waals surface area contributed by atoms with Crippen LogP contribution in [0.25, 0.3) is 11.4 Å². The molecule has 1 amide bonds. The number of halogens is 1. The second-order valence-electron chi connectivity index (χ2n) is 6.81. The minimum atomic E-state index is -0.372. The highest BCUT2D eigenvalue weighted by atomic mass is 32.2. The fraction of sp³-hybridized carbons (Fsp3) is 0.286. The zero-order valence-electron chi connectivity index (χ0n) is 15.6. The molecular formula is C21H21FN4OS. The van der Waals surface area contributed by atoms with Crippen molar-refractivity contribution in [3.8, 4) is 11.4 Å². The lowest BCUT2D eigenvalue weighted by molar-refractivity contribution is -0.129. The summed E-state index contributed by atoms with van der Waals surface area (Å²) in [5.74, 6) is 0.462. The predicted molar refractivity (Wildman–Crippen MR) is 107 cm³/mol. The minimum absolute atomic E-state index is 0.111. The average molecular weight is 396 g/mol. The molecule has 1 fully saturated rings. The van der Waals surface area contributed by atoms with Crippen LogP contribution in [0.4, 0.5) is 4.39 Å². The van der Waals surface area contributed by atoms with Gasteiger partial charge in [0.15, 0.2) is 11.0 Å². The van der Waals surface area contributed by atoms with E-state index in [-0.39, 0.29) is 17.0 Å². The van der Waals surface area contributed by atoms with E-state index in [4.69, 9.17) is 0 Å². The third-order valence-corrected chi connectivity index (χ3v) is 6.18. The third kappa shape index (κ3) is 3.80. The molecular weight excluding hydrogens is 375 g/mol. The van der Waals surface area contributed by atoms with Crippen LogP contribution in [-0.4, -0.2) is 38.7 Å². The SMILES string of the molecule is Cn1c(S[C@@H](C(=O)N2CCCC2)c2ccccc2)nnc1-c1ccc(F)cc1. The molecule has 2 aromatic carbocycles. The van der Waals surface area contributed by atoms with Crippen LogP contribution in [0.2, 0.25) is 0 Å². The standard InChI is InChI=1S/C21H21FN4OS/c1-25-19(16-9-11-17(22)12-10-16)23-24-21(25)28-18(15-7-3-2-4-8-15)20(27)26-13-5-6-14-26/h2-4,7-12,18H,5-6,13-14H2,1H3/t18-/m1/s1. The minimum Gasteiger partial charge on any atom is -0.341 e. The van der Waals surface area contributed by atoms with E-state index >= 15 is 0 Å². The van der Waals surface area contributed by atoms with E-state index in [0.717, 1.165) is 37.1 Å². The Balaban J connectivity index is 1.63. The van der Waals surface area contributed by atoms with Gasteiger partial charge in [-0.15, -0.1) is 10.2 Å². The highest BCUT2D eigenvalue weighted by Crippen LogP contribution is 2.37. The number of carbonyl (C=O) groups excluding carboxylic acids is 1. The van der Waals surface area contributed by atoms with Gasteiger partial charge < -0.3 is 9.47 Å². The molecule has 1 aliphatic heterocycles. The topological polar surface area (TPSA) is 51.0 Å². The van der Waals surface area contributed by atoms with E-state index in [0.29, 0.717) is 11.0 Å².